The van der Waals surface area contributed by atoms with Crippen molar-refractivity contribution in [2.45, 2.75) is 32.2 Å². The van der Waals surface area contributed by atoms with Crippen molar-refractivity contribution < 1.29 is 4.39 Å². The molecule has 1 fully saturated rings. The molecule has 1 aliphatic heterocycles. The predicted octanol–water partition coefficient (Wildman–Crippen LogP) is 2.56. The van der Waals surface area contributed by atoms with Crippen LogP contribution in [0.5, 0.6) is 0 Å². The molecule has 2 rings (SSSR count). The minimum Gasteiger partial charge on any atom is -0.383 e. The Balaban J connectivity index is 2.04. The van der Waals surface area contributed by atoms with Crippen molar-refractivity contribution in [1.29, 1.82) is 5.26 Å². The number of piperidine rings is 1. The molecule has 0 bridgehead atoms. The number of nitrogens with one attached hydrogen (secondary N) is 2. The number of halogens is 1. The van der Waals surface area contributed by atoms with E-state index in [2.05, 4.69) is 10.6 Å². The summed E-state index contributed by atoms with van der Waals surface area (Å²) < 4.78 is 13.6. The van der Waals surface area contributed by atoms with Crippen molar-refractivity contribution in [3.8, 4) is 6.07 Å². The van der Waals surface area contributed by atoms with Crippen LogP contribution in [0.15, 0.2) is 12.1 Å². The summed E-state index contributed by atoms with van der Waals surface area (Å²) in [5, 5.41) is 15.5. The van der Waals surface area contributed by atoms with E-state index in [-0.39, 0.29) is 5.82 Å². The third-order valence-corrected chi connectivity index (χ3v) is 3.42. The van der Waals surface area contributed by atoms with E-state index >= 15 is 0 Å². The zero-order valence-electron chi connectivity index (χ0n) is 10.6. The highest BCUT2D eigenvalue weighted by atomic mass is 19.1. The van der Waals surface area contributed by atoms with Gasteiger partial charge in [-0.05, 0) is 38.4 Å². The quantitative estimate of drug-likeness (QED) is 0.863. The SMILES string of the molecule is Cc1c(F)cc(C#N)cc1NCC1CCCCN1. The van der Waals surface area contributed by atoms with Gasteiger partial charge < -0.3 is 10.6 Å². The lowest BCUT2D eigenvalue weighted by Gasteiger charge is -2.24. The molecule has 1 atom stereocenters. The normalized spacial score (nSPS) is 19.3. The van der Waals surface area contributed by atoms with Crippen LogP contribution in [0.3, 0.4) is 0 Å². The highest BCUT2D eigenvalue weighted by molar-refractivity contribution is 5.55. The highest BCUT2D eigenvalue weighted by Crippen LogP contribution is 2.20. The molecule has 1 heterocycles. The van der Waals surface area contributed by atoms with Crippen LogP contribution in [0.1, 0.15) is 30.4 Å². The van der Waals surface area contributed by atoms with Crippen molar-refractivity contribution in [2.24, 2.45) is 0 Å². The molecule has 18 heavy (non-hydrogen) atoms. The Labute approximate surface area is 107 Å². The Morgan fingerprint density at radius 2 is 2.33 bits per heavy atom. The third-order valence-electron chi connectivity index (χ3n) is 3.42. The zero-order chi connectivity index (χ0) is 13.0. The topological polar surface area (TPSA) is 47.9 Å². The summed E-state index contributed by atoms with van der Waals surface area (Å²) in [5.74, 6) is -0.326. The van der Waals surface area contributed by atoms with Gasteiger partial charge in [-0.15, -0.1) is 0 Å². The maximum atomic E-state index is 13.6. The van der Waals surface area contributed by atoms with Crippen molar-refractivity contribution in [3.05, 3.63) is 29.1 Å². The summed E-state index contributed by atoms with van der Waals surface area (Å²) in [5.41, 5.74) is 1.65. The molecule has 1 aromatic carbocycles. The third kappa shape index (κ3) is 2.99. The highest BCUT2D eigenvalue weighted by Gasteiger charge is 2.13. The summed E-state index contributed by atoms with van der Waals surface area (Å²) in [4.78, 5) is 0. The van der Waals surface area contributed by atoms with Gasteiger partial charge in [-0.3, -0.25) is 0 Å². The molecule has 96 valence electrons. The van der Waals surface area contributed by atoms with Crippen LogP contribution in [0, 0.1) is 24.1 Å². The van der Waals surface area contributed by atoms with E-state index in [1.54, 1.807) is 13.0 Å². The number of hydrogen-bond donors (Lipinski definition) is 2. The molecule has 2 N–H and O–H groups in total. The van der Waals surface area contributed by atoms with E-state index in [1.807, 2.05) is 6.07 Å². The van der Waals surface area contributed by atoms with Crippen LogP contribution in [0.2, 0.25) is 0 Å². The lowest BCUT2D eigenvalue weighted by atomic mass is 10.0. The molecule has 1 aromatic rings. The van der Waals surface area contributed by atoms with E-state index in [0.29, 0.717) is 17.2 Å². The molecule has 0 aliphatic carbocycles. The number of rotatable bonds is 3. The summed E-state index contributed by atoms with van der Waals surface area (Å²) in [6.07, 6.45) is 3.62. The number of anilines is 1. The van der Waals surface area contributed by atoms with Crippen LogP contribution < -0.4 is 10.6 Å². The average Bonchev–Trinajstić information content (AvgIpc) is 2.41. The van der Waals surface area contributed by atoms with Crippen LogP contribution >= 0.6 is 0 Å². The van der Waals surface area contributed by atoms with Crippen molar-refractivity contribution in [1.82, 2.24) is 5.32 Å². The van der Waals surface area contributed by atoms with Crippen LogP contribution in [0.25, 0.3) is 0 Å². The van der Waals surface area contributed by atoms with Crippen molar-refractivity contribution >= 4 is 5.69 Å². The maximum Gasteiger partial charge on any atom is 0.129 e. The number of nitriles is 1. The molecule has 0 saturated carbocycles. The first kappa shape index (κ1) is 12.8. The molecule has 1 unspecified atom stereocenters. The molecule has 0 spiro atoms. The molecule has 0 aromatic heterocycles. The smallest absolute Gasteiger partial charge is 0.129 e. The Hall–Kier alpha value is -1.60. The van der Waals surface area contributed by atoms with E-state index in [1.165, 1.54) is 18.9 Å². The molecule has 1 aliphatic rings. The number of hydrogen-bond acceptors (Lipinski definition) is 3. The van der Waals surface area contributed by atoms with E-state index in [0.717, 1.165) is 25.2 Å². The fraction of sp³-hybridized carbons (Fsp3) is 0.500. The van der Waals surface area contributed by atoms with Crippen LogP contribution in [-0.4, -0.2) is 19.1 Å². The van der Waals surface area contributed by atoms with Crippen molar-refractivity contribution in [2.75, 3.05) is 18.4 Å². The Kier molecular flexibility index (Phi) is 4.16. The first-order valence-electron chi connectivity index (χ1n) is 6.38. The van der Waals surface area contributed by atoms with Gasteiger partial charge in [-0.2, -0.15) is 5.26 Å². The van der Waals surface area contributed by atoms with E-state index in [4.69, 9.17) is 5.26 Å². The number of nitrogens with zero attached hydrogens (tertiary/aromatic N) is 1. The molecule has 1 saturated heterocycles. The lowest BCUT2D eigenvalue weighted by molar-refractivity contribution is 0.414. The Morgan fingerprint density at radius 3 is 3.00 bits per heavy atom. The lowest BCUT2D eigenvalue weighted by Crippen LogP contribution is -2.39. The monoisotopic (exact) mass is 247 g/mol. The molecular weight excluding hydrogens is 229 g/mol. The van der Waals surface area contributed by atoms with Gasteiger partial charge in [0.2, 0.25) is 0 Å². The van der Waals surface area contributed by atoms with Gasteiger partial charge in [0.15, 0.2) is 0 Å². The summed E-state index contributed by atoms with van der Waals surface area (Å²) in [7, 11) is 0. The minimum atomic E-state index is -0.326. The standard InChI is InChI=1S/C14H18FN3/c1-10-13(15)6-11(8-16)7-14(10)18-9-12-4-2-3-5-17-12/h6-7,12,17-18H,2-5,9H2,1H3. The molecule has 3 nitrogen and oxygen atoms in total. The fourth-order valence-corrected chi connectivity index (χ4v) is 2.26. The molecule has 0 amide bonds. The van der Waals surface area contributed by atoms with Crippen LogP contribution in [-0.2, 0) is 0 Å². The van der Waals surface area contributed by atoms with Gasteiger partial charge in [0, 0.05) is 23.8 Å². The van der Waals surface area contributed by atoms with Crippen LogP contribution in [0.4, 0.5) is 10.1 Å². The maximum absolute atomic E-state index is 13.6. The van der Waals surface area contributed by atoms with Gasteiger partial charge in [-0.1, -0.05) is 6.42 Å². The molecular formula is C14H18FN3. The summed E-state index contributed by atoms with van der Waals surface area (Å²) in [6.45, 7) is 3.56. The summed E-state index contributed by atoms with van der Waals surface area (Å²) >= 11 is 0. The first-order valence-corrected chi connectivity index (χ1v) is 6.38. The predicted molar refractivity (Wildman–Crippen MR) is 70.0 cm³/mol. The zero-order valence-corrected chi connectivity index (χ0v) is 10.6. The first-order chi connectivity index (χ1) is 8.70. The second-order valence-corrected chi connectivity index (χ2v) is 4.77. The van der Waals surface area contributed by atoms with E-state index in [9.17, 15) is 4.39 Å². The average molecular weight is 247 g/mol. The van der Waals surface area contributed by atoms with Gasteiger partial charge in [-0.25, -0.2) is 4.39 Å². The molecule has 4 heteroatoms. The Bertz CT molecular complexity index is 459. The van der Waals surface area contributed by atoms with E-state index < -0.39 is 0 Å². The fourth-order valence-electron chi connectivity index (χ4n) is 2.26. The van der Waals surface area contributed by atoms with Gasteiger partial charge in [0.25, 0.3) is 0 Å². The van der Waals surface area contributed by atoms with Crippen molar-refractivity contribution in [3.63, 3.8) is 0 Å². The second kappa shape index (κ2) is 5.83. The number of benzene rings is 1. The second-order valence-electron chi connectivity index (χ2n) is 4.77. The largest absolute Gasteiger partial charge is 0.383 e. The summed E-state index contributed by atoms with van der Waals surface area (Å²) in [6, 6.07) is 5.40. The van der Waals surface area contributed by atoms with Gasteiger partial charge >= 0.3 is 0 Å². The van der Waals surface area contributed by atoms with Gasteiger partial charge in [0.05, 0.1) is 11.6 Å². The minimum absolute atomic E-state index is 0.326. The van der Waals surface area contributed by atoms with Gasteiger partial charge in [0.1, 0.15) is 5.82 Å². The Morgan fingerprint density at radius 1 is 1.50 bits per heavy atom. The molecule has 0 radical (unpaired) electrons.